The predicted octanol–water partition coefficient (Wildman–Crippen LogP) is 9.54. The van der Waals surface area contributed by atoms with E-state index in [9.17, 15) is 58.2 Å². The number of β-amino-alcohol motifs (C(OH)–C–C–N with tert-alkyl or cyclic N) is 1. The molecule has 5 aromatic rings. The van der Waals surface area contributed by atoms with Crippen LogP contribution in [0.25, 0.3) is 11.1 Å². The van der Waals surface area contributed by atoms with Crippen molar-refractivity contribution in [3.8, 4) is 11.1 Å². The van der Waals surface area contributed by atoms with Gasteiger partial charge in [0.25, 0.3) is 25.8 Å². The standard InChI is InChI=1S/C49H52F6N4O7S3/c1-47(24-7-25-59(47)28-29-60)31-37(32-67-39-8-3-2-4-9-39)56-43-21-20-40(30-44(43)68(63,64)49(53,54)55)69(65,66)57-46(62)35-14-18-38(19-15-35)58-26-22-34(23-27-58)45(61)42-11-6-5-10-41(42)33-12-16-36(17-13-33)48(50,51)52/h2-6,8-21,30,34,37,45,56,60-61H,7,22-29,31-32H2,1H3,(H,57,62)/t37?,45?,47-/m0/s1. The highest BCUT2D eigenvalue weighted by molar-refractivity contribution is 7.99. The number of amides is 1. The fraction of sp³-hybridized carbons (Fsp3) is 0.367. The third kappa shape index (κ3) is 12.1. The minimum atomic E-state index is -6.14. The molecule has 69 heavy (non-hydrogen) atoms. The van der Waals surface area contributed by atoms with E-state index in [2.05, 4.69) is 10.2 Å². The Balaban J connectivity index is 1.04. The molecule has 7 rings (SSSR count). The second-order valence-electron chi connectivity index (χ2n) is 17.5. The molecule has 20 heteroatoms. The molecule has 2 aliphatic heterocycles. The third-order valence-corrected chi connectivity index (χ3v) is 16.9. The number of likely N-dealkylation sites (tertiary alicyclic amines) is 1. The molecule has 2 fully saturated rings. The van der Waals surface area contributed by atoms with E-state index in [1.807, 2.05) is 46.9 Å². The summed E-state index contributed by atoms with van der Waals surface area (Å²) in [7, 11) is -11.1. The number of carbonyl (C=O) groups excluding carboxylic acids is 1. The van der Waals surface area contributed by atoms with Crippen molar-refractivity contribution in [1.82, 2.24) is 9.62 Å². The summed E-state index contributed by atoms with van der Waals surface area (Å²) in [4.78, 5) is 16.1. The number of aliphatic hydroxyl groups is 2. The summed E-state index contributed by atoms with van der Waals surface area (Å²) in [5.74, 6) is -1.01. The van der Waals surface area contributed by atoms with Crippen LogP contribution in [0.1, 0.15) is 66.6 Å². The molecule has 4 N–H and O–H groups in total. The van der Waals surface area contributed by atoms with Crippen LogP contribution in [0.5, 0.6) is 0 Å². The highest BCUT2D eigenvalue weighted by Gasteiger charge is 2.49. The molecule has 11 nitrogen and oxygen atoms in total. The molecule has 2 heterocycles. The molecule has 0 radical (unpaired) electrons. The Hall–Kier alpha value is -5.12. The Bertz CT molecular complexity index is 2790. The van der Waals surface area contributed by atoms with Gasteiger partial charge in [0.15, 0.2) is 0 Å². The number of benzene rings is 5. The van der Waals surface area contributed by atoms with Gasteiger partial charge in [-0.25, -0.2) is 21.6 Å². The lowest BCUT2D eigenvalue weighted by Gasteiger charge is -2.38. The number of piperidine rings is 1. The molecule has 0 aromatic heterocycles. The summed E-state index contributed by atoms with van der Waals surface area (Å²) in [6.45, 7) is 3.92. The number of aliphatic hydroxyl groups excluding tert-OH is 2. The summed E-state index contributed by atoms with van der Waals surface area (Å²) in [5, 5.41) is 24.2. The van der Waals surface area contributed by atoms with Crippen molar-refractivity contribution in [1.29, 1.82) is 0 Å². The zero-order valence-electron chi connectivity index (χ0n) is 37.4. The fourth-order valence-electron chi connectivity index (χ4n) is 9.21. The second-order valence-corrected chi connectivity index (χ2v) is 22.2. The van der Waals surface area contributed by atoms with Crippen LogP contribution in [0.15, 0.2) is 136 Å². The molecule has 1 amide bonds. The lowest BCUT2D eigenvalue weighted by atomic mass is 9.84. The molecule has 0 spiro atoms. The van der Waals surface area contributed by atoms with Crippen molar-refractivity contribution in [3.05, 3.63) is 138 Å². The lowest BCUT2D eigenvalue weighted by Crippen LogP contribution is -2.46. The van der Waals surface area contributed by atoms with E-state index in [1.54, 1.807) is 36.4 Å². The number of nitrogens with one attached hydrogen (secondary N) is 2. The van der Waals surface area contributed by atoms with Crippen molar-refractivity contribution in [2.45, 2.75) is 83.1 Å². The van der Waals surface area contributed by atoms with Gasteiger partial charge in [0.05, 0.1) is 28.9 Å². The highest BCUT2D eigenvalue weighted by atomic mass is 32.2. The Morgan fingerprint density at radius 1 is 0.841 bits per heavy atom. The van der Waals surface area contributed by atoms with Gasteiger partial charge in [0.1, 0.15) is 4.90 Å². The first-order valence-electron chi connectivity index (χ1n) is 22.2. The maximum atomic E-state index is 14.3. The van der Waals surface area contributed by atoms with Gasteiger partial charge in [-0.3, -0.25) is 9.69 Å². The minimum absolute atomic E-state index is 0.106. The smallest absolute Gasteiger partial charge is 0.395 e. The van der Waals surface area contributed by atoms with Crippen LogP contribution in [-0.2, 0) is 26.0 Å². The quantitative estimate of drug-likeness (QED) is 0.0520. The molecule has 0 saturated carbocycles. The average molecular weight is 1020 g/mol. The third-order valence-electron chi connectivity index (χ3n) is 12.9. The number of thioether (sulfide) groups is 1. The van der Waals surface area contributed by atoms with Crippen LogP contribution in [0.2, 0.25) is 0 Å². The summed E-state index contributed by atoms with van der Waals surface area (Å²) in [6, 6.07) is 28.5. The number of halogens is 6. The predicted molar refractivity (Wildman–Crippen MR) is 253 cm³/mol. The van der Waals surface area contributed by atoms with E-state index in [-0.39, 0.29) is 18.1 Å². The Labute approximate surface area is 401 Å². The van der Waals surface area contributed by atoms with Gasteiger partial charge in [-0.2, -0.15) is 26.3 Å². The fourth-order valence-corrected chi connectivity index (χ4v) is 12.2. The van der Waals surface area contributed by atoms with Crippen LogP contribution in [0, 0.1) is 5.92 Å². The number of rotatable bonds is 17. The van der Waals surface area contributed by atoms with Gasteiger partial charge in [-0.15, -0.1) is 11.8 Å². The number of alkyl halides is 6. The van der Waals surface area contributed by atoms with Crippen LogP contribution < -0.4 is 14.9 Å². The number of nitrogens with zero attached hydrogens (tertiary/aromatic N) is 2. The number of sulfonamides is 1. The number of sulfone groups is 1. The number of hydrogen-bond donors (Lipinski definition) is 4. The van der Waals surface area contributed by atoms with Crippen molar-refractivity contribution in [2.75, 3.05) is 48.8 Å². The summed E-state index contributed by atoms with van der Waals surface area (Å²) < 4.78 is 138. The number of hydrogen-bond acceptors (Lipinski definition) is 11. The Kier molecular flexibility index (Phi) is 15.8. The van der Waals surface area contributed by atoms with Gasteiger partial charge >= 0.3 is 11.7 Å². The number of carbonyl (C=O) groups is 1. The first-order chi connectivity index (χ1) is 32.6. The molecule has 2 aliphatic rings. The zero-order chi connectivity index (χ0) is 49.8. The van der Waals surface area contributed by atoms with Crippen LogP contribution in [-0.4, -0.2) is 93.5 Å². The molecular formula is C49H52F6N4O7S3. The SMILES string of the molecule is C[C@@]1(CC(CSc2ccccc2)Nc2ccc(S(=O)(=O)NC(=O)c3ccc(N4CCC(C(O)c5ccccc5-c5ccc(C(F)(F)F)cc5)CC4)cc3)cc2S(=O)(=O)C(F)(F)F)CCCN1CCO. The van der Waals surface area contributed by atoms with E-state index in [4.69, 9.17) is 0 Å². The van der Waals surface area contributed by atoms with Crippen molar-refractivity contribution < 1.29 is 58.2 Å². The van der Waals surface area contributed by atoms with Gasteiger partial charge in [-0.05, 0) is 135 Å². The second kappa shape index (κ2) is 21.1. The van der Waals surface area contributed by atoms with Crippen molar-refractivity contribution >= 4 is 48.9 Å². The van der Waals surface area contributed by atoms with E-state index < -0.39 is 76.2 Å². The van der Waals surface area contributed by atoms with Gasteiger partial charge in [-0.1, -0.05) is 54.6 Å². The van der Waals surface area contributed by atoms with Crippen LogP contribution in [0.3, 0.4) is 0 Å². The van der Waals surface area contributed by atoms with Crippen molar-refractivity contribution in [3.63, 3.8) is 0 Å². The number of anilines is 2. The maximum Gasteiger partial charge on any atom is 0.501 e. The highest BCUT2D eigenvalue weighted by Crippen LogP contribution is 2.41. The summed E-state index contributed by atoms with van der Waals surface area (Å²) in [5.41, 5.74) is -5.23. The largest absolute Gasteiger partial charge is 0.501 e. The Morgan fingerprint density at radius 2 is 1.49 bits per heavy atom. The van der Waals surface area contributed by atoms with E-state index >= 15 is 0 Å². The molecule has 0 bridgehead atoms. The lowest BCUT2D eigenvalue weighted by molar-refractivity contribution is -0.137. The van der Waals surface area contributed by atoms with Gasteiger partial charge in [0.2, 0.25) is 0 Å². The first kappa shape index (κ1) is 51.7. The summed E-state index contributed by atoms with van der Waals surface area (Å²) >= 11 is 1.40. The monoisotopic (exact) mass is 1020 g/mol. The van der Waals surface area contributed by atoms with Crippen LogP contribution >= 0.6 is 11.8 Å². The van der Waals surface area contributed by atoms with E-state index in [0.29, 0.717) is 79.6 Å². The van der Waals surface area contributed by atoms with Crippen molar-refractivity contribution in [2.24, 2.45) is 5.92 Å². The normalized spacial score (nSPS) is 18.5. The molecule has 0 aliphatic carbocycles. The van der Waals surface area contributed by atoms with E-state index in [1.165, 1.54) is 36.0 Å². The molecule has 370 valence electrons. The molecule has 5 aromatic carbocycles. The summed E-state index contributed by atoms with van der Waals surface area (Å²) in [6.07, 6.45) is -2.43. The first-order valence-corrected chi connectivity index (χ1v) is 26.2. The van der Waals surface area contributed by atoms with Crippen LogP contribution in [0.4, 0.5) is 37.7 Å². The Morgan fingerprint density at radius 3 is 2.13 bits per heavy atom. The van der Waals surface area contributed by atoms with Gasteiger partial charge in [0, 0.05) is 53.1 Å². The molecule has 3 atom stereocenters. The maximum absolute atomic E-state index is 14.3. The molecule has 2 saturated heterocycles. The molecular weight excluding hydrogens is 967 g/mol. The van der Waals surface area contributed by atoms with Gasteiger partial charge < -0.3 is 20.4 Å². The average Bonchev–Trinajstić information content (AvgIpc) is 3.68. The topological polar surface area (TPSA) is 156 Å². The van der Waals surface area contributed by atoms with E-state index in [0.717, 1.165) is 42.0 Å². The molecule has 2 unspecified atom stereocenters. The zero-order valence-corrected chi connectivity index (χ0v) is 39.8. The minimum Gasteiger partial charge on any atom is -0.395 e.